The Bertz CT molecular complexity index is 288. The first-order valence-corrected chi connectivity index (χ1v) is 7.96. The van der Waals surface area contributed by atoms with Gasteiger partial charge in [-0.15, -0.1) is 0 Å². The van der Waals surface area contributed by atoms with E-state index in [1.54, 1.807) is 0 Å². The molecule has 2 rings (SSSR count). The fourth-order valence-corrected chi connectivity index (χ4v) is 4.09. The summed E-state index contributed by atoms with van der Waals surface area (Å²) in [4.78, 5) is 0. The van der Waals surface area contributed by atoms with Crippen molar-refractivity contribution in [3.8, 4) is 0 Å². The van der Waals surface area contributed by atoms with Gasteiger partial charge < -0.3 is 0 Å². The van der Waals surface area contributed by atoms with Gasteiger partial charge in [0.15, 0.2) is 0 Å². The van der Waals surface area contributed by atoms with Crippen molar-refractivity contribution in [3.63, 3.8) is 0 Å². The predicted molar refractivity (Wildman–Crippen MR) is 59.9 cm³/mol. The van der Waals surface area contributed by atoms with Gasteiger partial charge in [-0.2, -0.15) is 0 Å². The van der Waals surface area contributed by atoms with Crippen molar-refractivity contribution < 1.29 is 21.5 Å². The van der Waals surface area contributed by atoms with Crippen molar-refractivity contribution >= 4 is 0 Å². The molecule has 1 aromatic rings. The summed E-state index contributed by atoms with van der Waals surface area (Å²) in [5.74, 6) is 0. The second kappa shape index (κ2) is 5.85. The Morgan fingerprint density at radius 2 is 1.73 bits per heavy atom. The van der Waals surface area contributed by atoms with E-state index < -0.39 is 0 Å². The van der Waals surface area contributed by atoms with E-state index in [-0.39, 0.29) is 21.5 Å². The van der Waals surface area contributed by atoms with Crippen LogP contribution in [0.1, 0.15) is 37.7 Å². The van der Waals surface area contributed by atoms with Gasteiger partial charge in [0, 0.05) is 0 Å². The molecule has 0 heterocycles. The Kier molecular flexibility index (Phi) is 4.44. The molecule has 0 spiro atoms. The van der Waals surface area contributed by atoms with E-state index in [0.717, 1.165) is 6.04 Å². The summed E-state index contributed by atoms with van der Waals surface area (Å²) in [7, 11) is 0. The SMILES string of the molecule is Cc1ccc([I-]NC2CCCCC2)cc1. The molecule has 1 aliphatic carbocycles. The Morgan fingerprint density at radius 3 is 2.40 bits per heavy atom. The molecule has 0 unspecified atom stereocenters. The zero-order chi connectivity index (χ0) is 10.5. The second-order valence-corrected chi connectivity index (χ2v) is 6.74. The average Bonchev–Trinajstić information content (AvgIpc) is 2.30. The van der Waals surface area contributed by atoms with Crippen LogP contribution in [-0.4, -0.2) is 6.04 Å². The summed E-state index contributed by atoms with van der Waals surface area (Å²) < 4.78 is 5.29. The van der Waals surface area contributed by atoms with E-state index in [2.05, 4.69) is 34.7 Å². The molecule has 1 fully saturated rings. The van der Waals surface area contributed by atoms with E-state index in [1.807, 2.05) is 0 Å². The zero-order valence-corrected chi connectivity index (χ0v) is 11.5. The molecular formula is C13H19IN-. The van der Waals surface area contributed by atoms with E-state index >= 15 is 0 Å². The molecule has 0 aliphatic heterocycles. The van der Waals surface area contributed by atoms with Crippen LogP contribution in [0.5, 0.6) is 0 Å². The monoisotopic (exact) mass is 316 g/mol. The van der Waals surface area contributed by atoms with Crippen LogP contribution in [0.15, 0.2) is 24.3 Å². The molecule has 0 amide bonds. The van der Waals surface area contributed by atoms with Gasteiger partial charge in [0.25, 0.3) is 0 Å². The first-order chi connectivity index (χ1) is 7.34. The van der Waals surface area contributed by atoms with Crippen molar-refractivity contribution in [1.82, 2.24) is 3.53 Å². The molecule has 2 heteroatoms. The standard InChI is InChI=1S/C13H19IN/c1-11-7-9-12(10-8-11)14-15-13-5-3-2-4-6-13/h7-10,13,15H,2-6H2,1H3/q-1. The van der Waals surface area contributed by atoms with Gasteiger partial charge in [-0.05, 0) is 0 Å². The molecule has 84 valence electrons. The van der Waals surface area contributed by atoms with Gasteiger partial charge in [0.05, 0.1) is 0 Å². The molecule has 0 radical (unpaired) electrons. The fraction of sp³-hybridized carbons (Fsp3) is 0.538. The summed E-state index contributed by atoms with van der Waals surface area (Å²) in [6.45, 7) is 2.15. The van der Waals surface area contributed by atoms with Crippen LogP contribution < -0.4 is 25.0 Å². The molecular weight excluding hydrogens is 297 g/mol. The minimum atomic E-state index is 0.0388. The van der Waals surface area contributed by atoms with Gasteiger partial charge in [-0.25, -0.2) is 0 Å². The van der Waals surface area contributed by atoms with Crippen molar-refractivity contribution in [3.05, 3.63) is 33.4 Å². The van der Waals surface area contributed by atoms with Crippen LogP contribution in [-0.2, 0) is 0 Å². The first-order valence-electron chi connectivity index (χ1n) is 5.80. The number of benzene rings is 1. The Balaban J connectivity index is 1.79. The van der Waals surface area contributed by atoms with Gasteiger partial charge in [0.2, 0.25) is 0 Å². The average molecular weight is 316 g/mol. The number of hydrogen-bond acceptors (Lipinski definition) is 1. The Morgan fingerprint density at radius 1 is 1.07 bits per heavy atom. The number of hydrogen-bond donors (Lipinski definition) is 1. The first kappa shape index (κ1) is 11.4. The summed E-state index contributed by atoms with van der Waals surface area (Å²) in [6.07, 6.45) is 7.09. The number of nitrogens with one attached hydrogen (secondary N) is 1. The van der Waals surface area contributed by atoms with Crippen molar-refractivity contribution in [2.24, 2.45) is 0 Å². The number of aryl methyl sites for hydroxylation is 1. The summed E-state index contributed by atoms with van der Waals surface area (Å²) >= 11 is 0.0388. The maximum absolute atomic E-state index is 3.77. The molecule has 0 bridgehead atoms. The van der Waals surface area contributed by atoms with Crippen LogP contribution in [0.2, 0.25) is 0 Å². The van der Waals surface area contributed by atoms with Crippen LogP contribution in [0.3, 0.4) is 0 Å². The molecule has 0 atom stereocenters. The third-order valence-corrected chi connectivity index (χ3v) is 5.47. The molecule has 1 saturated carbocycles. The quantitative estimate of drug-likeness (QED) is 0.616. The third kappa shape index (κ3) is 3.76. The van der Waals surface area contributed by atoms with Crippen LogP contribution >= 0.6 is 0 Å². The fourth-order valence-electron chi connectivity index (χ4n) is 1.95. The van der Waals surface area contributed by atoms with Gasteiger partial charge in [-0.3, -0.25) is 0 Å². The summed E-state index contributed by atoms with van der Waals surface area (Å²) in [5.41, 5.74) is 1.36. The molecule has 1 aromatic carbocycles. The maximum atomic E-state index is 3.77. The van der Waals surface area contributed by atoms with Crippen molar-refractivity contribution in [2.45, 2.75) is 45.1 Å². The second-order valence-electron chi connectivity index (χ2n) is 4.33. The van der Waals surface area contributed by atoms with Gasteiger partial charge >= 0.3 is 103 Å². The third-order valence-electron chi connectivity index (χ3n) is 2.93. The van der Waals surface area contributed by atoms with E-state index in [9.17, 15) is 0 Å². The van der Waals surface area contributed by atoms with Gasteiger partial charge in [-0.1, -0.05) is 0 Å². The predicted octanol–water partition coefficient (Wildman–Crippen LogP) is 0.0909. The van der Waals surface area contributed by atoms with Crippen LogP contribution in [0.25, 0.3) is 0 Å². The molecule has 0 aromatic heterocycles. The van der Waals surface area contributed by atoms with E-state index in [1.165, 1.54) is 41.2 Å². The van der Waals surface area contributed by atoms with E-state index in [0.29, 0.717) is 0 Å². The Hall–Kier alpha value is -0.0900. The van der Waals surface area contributed by atoms with Crippen LogP contribution in [0, 0.1) is 10.5 Å². The van der Waals surface area contributed by atoms with Crippen molar-refractivity contribution in [2.75, 3.05) is 0 Å². The summed E-state index contributed by atoms with van der Waals surface area (Å²) in [5, 5.41) is 0. The molecule has 1 aliphatic rings. The van der Waals surface area contributed by atoms with Gasteiger partial charge in [0.1, 0.15) is 0 Å². The van der Waals surface area contributed by atoms with Crippen molar-refractivity contribution in [1.29, 1.82) is 0 Å². The van der Waals surface area contributed by atoms with E-state index in [4.69, 9.17) is 0 Å². The molecule has 1 N–H and O–H groups in total. The zero-order valence-electron chi connectivity index (χ0n) is 9.30. The summed E-state index contributed by atoms with van der Waals surface area (Å²) in [6, 6.07) is 9.80. The molecule has 15 heavy (non-hydrogen) atoms. The molecule has 0 saturated heterocycles. The topological polar surface area (TPSA) is 12.0 Å². The minimum absolute atomic E-state index is 0.0388. The number of rotatable bonds is 3. The Labute approximate surface area is 103 Å². The normalized spacial score (nSPS) is 18.2. The van der Waals surface area contributed by atoms with Crippen LogP contribution in [0.4, 0.5) is 0 Å². The molecule has 1 nitrogen and oxygen atoms in total. The number of halogens is 1.